The van der Waals surface area contributed by atoms with Crippen molar-refractivity contribution >= 4 is 5.97 Å². The molecule has 208 valence electrons. The van der Waals surface area contributed by atoms with Gasteiger partial charge >= 0.3 is 5.97 Å². The molecule has 35 heavy (non-hydrogen) atoms. The van der Waals surface area contributed by atoms with Crippen LogP contribution in [0.15, 0.2) is 24.8 Å². The minimum absolute atomic E-state index is 0.0367. The van der Waals surface area contributed by atoms with Gasteiger partial charge in [0.1, 0.15) is 0 Å². The van der Waals surface area contributed by atoms with Gasteiger partial charge in [-0.25, -0.2) is 0 Å². The highest BCUT2D eigenvalue weighted by Gasteiger charge is 2.03. The third-order valence-electron chi connectivity index (χ3n) is 6.23. The summed E-state index contributed by atoms with van der Waals surface area (Å²) in [4.78, 5) is 11.3. The predicted octanol–water partition coefficient (Wildman–Crippen LogP) is 11.5. The molecule has 0 aliphatic heterocycles. The van der Waals surface area contributed by atoms with Crippen molar-refractivity contribution in [3.05, 3.63) is 24.8 Å². The number of hydrogen-bond acceptors (Lipinski definition) is 2. The third-order valence-corrected chi connectivity index (χ3v) is 6.23. The molecule has 0 rings (SSSR count). The van der Waals surface area contributed by atoms with Crippen LogP contribution in [-0.4, -0.2) is 12.6 Å². The molecule has 2 heteroatoms. The molecule has 0 fully saturated rings. The molecular formula is C33H64O2. The van der Waals surface area contributed by atoms with Crippen LogP contribution in [0.3, 0.4) is 0 Å². The molecule has 2 nitrogen and oxygen atoms in total. The molecule has 0 amide bonds. The topological polar surface area (TPSA) is 26.3 Å². The Morgan fingerprint density at radius 2 is 1.03 bits per heavy atom. The van der Waals surface area contributed by atoms with E-state index in [2.05, 4.69) is 46.4 Å². The van der Waals surface area contributed by atoms with Crippen LogP contribution in [0.1, 0.15) is 169 Å². The summed E-state index contributed by atoms with van der Waals surface area (Å²) in [5, 5.41) is 0. The number of hydrogen-bond donors (Lipinski definition) is 0. The number of allylic oxidation sites excluding steroid dienone is 3. The molecule has 0 spiro atoms. The fourth-order valence-corrected chi connectivity index (χ4v) is 3.92. The number of esters is 1. The minimum atomic E-state index is -0.0367. The van der Waals surface area contributed by atoms with Gasteiger partial charge in [0.15, 0.2) is 0 Å². The molecule has 0 atom stereocenters. The van der Waals surface area contributed by atoms with Gasteiger partial charge in [0.2, 0.25) is 0 Å². The first-order valence-corrected chi connectivity index (χ1v) is 15.5. The van der Waals surface area contributed by atoms with Crippen molar-refractivity contribution in [2.24, 2.45) is 5.92 Å². The highest BCUT2D eigenvalue weighted by molar-refractivity contribution is 5.69. The lowest BCUT2D eigenvalue weighted by Crippen LogP contribution is -2.09. The maximum atomic E-state index is 11.3. The van der Waals surface area contributed by atoms with Gasteiger partial charge in [-0.15, -0.1) is 6.58 Å². The Balaban J connectivity index is 0. The van der Waals surface area contributed by atoms with E-state index in [4.69, 9.17) is 4.74 Å². The summed E-state index contributed by atoms with van der Waals surface area (Å²) >= 11 is 0. The van der Waals surface area contributed by atoms with Gasteiger partial charge < -0.3 is 4.74 Å². The summed E-state index contributed by atoms with van der Waals surface area (Å²) in [6.07, 6.45) is 35.3. The lowest BCUT2D eigenvalue weighted by atomic mass is 10.1. The van der Waals surface area contributed by atoms with Crippen LogP contribution in [0.4, 0.5) is 0 Å². The van der Waals surface area contributed by atoms with Crippen molar-refractivity contribution in [2.75, 3.05) is 6.61 Å². The largest absolute Gasteiger partial charge is 0.465 e. The lowest BCUT2D eigenvalue weighted by molar-refractivity contribution is -0.144. The third kappa shape index (κ3) is 37.7. The highest BCUT2D eigenvalue weighted by Crippen LogP contribution is 2.10. The molecule has 0 heterocycles. The zero-order chi connectivity index (χ0) is 26.2. The van der Waals surface area contributed by atoms with E-state index in [1.54, 1.807) is 0 Å². The van der Waals surface area contributed by atoms with Crippen molar-refractivity contribution < 1.29 is 9.53 Å². The van der Waals surface area contributed by atoms with Gasteiger partial charge in [0.05, 0.1) is 6.61 Å². The molecule has 0 bridgehead atoms. The SMILES string of the molecule is C=CCCCCCCCCC(=O)OCC(C)C.CCCCCCCC/C=C\CCCCCCCC. The molecular weight excluding hydrogens is 428 g/mol. The van der Waals surface area contributed by atoms with E-state index in [-0.39, 0.29) is 5.97 Å². The van der Waals surface area contributed by atoms with E-state index < -0.39 is 0 Å². The molecule has 0 aliphatic carbocycles. The molecule has 0 unspecified atom stereocenters. The van der Waals surface area contributed by atoms with Crippen molar-refractivity contribution in [1.29, 1.82) is 0 Å². The Morgan fingerprint density at radius 1 is 0.629 bits per heavy atom. The number of carbonyl (C=O) groups is 1. The zero-order valence-electron chi connectivity index (χ0n) is 24.6. The van der Waals surface area contributed by atoms with Crippen molar-refractivity contribution in [3.8, 4) is 0 Å². The van der Waals surface area contributed by atoms with E-state index in [9.17, 15) is 4.79 Å². The maximum absolute atomic E-state index is 11.3. The summed E-state index contributed by atoms with van der Waals surface area (Å²) in [6, 6.07) is 0. The standard InChI is InChI=1S/C18H36.C15H28O2/c1-3-5-7-9-11-13-15-17-18-16-14-12-10-8-6-4-2;1-4-5-6-7-8-9-10-11-12-15(16)17-13-14(2)3/h17-18H,3-16H2,1-2H3;4,14H,1,5-13H2,2-3H3/b18-17-;. The maximum Gasteiger partial charge on any atom is 0.305 e. The molecule has 0 aromatic heterocycles. The molecule has 0 aromatic carbocycles. The van der Waals surface area contributed by atoms with Crippen LogP contribution in [0.5, 0.6) is 0 Å². The fraction of sp³-hybridized carbons (Fsp3) is 0.848. The van der Waals surface area contributed by atoms with Crippen molar-refractivity contribution in [3.63, 3.8) is 0 Å². The molecule has 0 aromatic rings. The summed E-state index contributed by atoms with van der Waals surface area (Å²) in [7, 11) is 0. The van der Waals surface area contributed by atoms with E-state index in [0.29, 0.717) is 18.9 Å². The van der Waals surface area contributed by atoms with Crippen LogP contribution in [0, 0.1) is 5.92 Å². The van der Waals surface area contributed by atoms with E-state index >= 15 is 0 Å². The predicted molar refractivity (Wildman–Crippen MR) is 158 cm³/mol. The Labute approximate surface area is 221 Å². The quantitative estimate of drug-likeness (QED) is 0.0719. The highest BCUT2D eigenvalue weighted by atomic mass is 16.5. The van der Waals surface area contributed by atoms with Crippen molar-refractivity contribution in [1.82, 2.24) is 0 Å². The first kappa shape index (κ1) is 36.1. The minimum Gasteiger partial charge on any atom is -0.465 e. The van der Waals surface area contributed by atoms with Gasteiger partial charge in [-0.2, -0.15) is 0 Å². The van der Waals surface area contributed by atoms with E-state index in [0.717, 1.165) is 19.3 Å². The summed E-state index contributed by atoms with van der Waals surface area (Å²) in [5.74, 6) is 0.397. The van der Waals surface area contributed by atoms with Gasteiger partial charge in [-0.1, -0.05) is 136 Å². The Kier molecular flexibility index (Phi) is 34.0. The normalized spacial score (nSPS) is 11.0. The average molecular weight is 493 g/mol. The van der Waals surface area contributed by atoms with Gasteiger partial charge in [-0.05, 0) is 50.9 Å². The number of unbranched alkanes of at least 4 members (excludes halogenated alkanes) is 18. The van der Waals surface area contributed by atoms with Gasteiger partial charge in [0.25, 0.3) is 0 Å². The van der Waals surface area contributed by atoms with Crippen LogP contribution in [-0.2, 0) is 9.53 Å². The fourth-order valence-electron chi connectivity index (χ4n) is 3.92. The Morgan fingerprint density at radius 3 is 1.46 bits per heavy atom. The molecule has 0 aliphatic rings. The number of rotatable bonds is 25. The van der Waals surface area contributed by atoms with Gasteiger partial charge in [0, 0.05) is 6.42 Å². The van der Waals surface area contributed by atoms with Crippen LogP contribution in [0.25, 0.3) is 0 Å². The summed E-state index contributed by atoms with van der Waals surface area (Å²) in [6.45, 7) is 12.9. The first-order chi connectivity index (χ1) is 17.1. The van der Waals surface area contributed by atoms with Crippen LogP contribution >= 0.6 is 0 Å². The van der Waals surface area contributed by atoms with E-state index in [1.165, 1.54) is 116 Å². The number of ether oxygens (including phenoxy) is 1. The smallest absolute Gasteiger partial charge is 0.305 e. The molecule has 0 N–H and O–H groups in total. The monoisotopic (exact) mass is 492 g/mol. The number of carbonyl (C=O) groups excluding carboxylic acids is 1. The van der Waals surface area contributed by atoms with Crippen molar-refractivity contribution in [2.45, 2.75) is 169 Å². The Bertz CT molecular complexity index is 420. The second-order valence-electron chi connectivity index (χ2n) is 10.6. The molecule has 0 radical (unpaired) electrons. The summed E-state index contributed by atoms with van der Waals surface area (Å²) in [5.41, 5.74) is 0. The average Bonchev–Trinajstić information content (AvgIpc) is 2.85. The van der Waals surface area contributed by atoms with Gasteiger partial charge in [-0.3, -0.25) is 4.79 Å². The second kappa shape index (κ2) is 33.0. The second-order valence-corrected chi connectivity index (χ2v) is 10.6. The van der Waals surface area contributed by atoms with Crippen LogP contribution in [0.2, 0.25) is 0 Å². The lowest BCUT2D eigenvalue weighted by Gasteiger charge is -2.06. The zero-order valence-corrected chi connectivity index (χ0v) is 24.6. The molecule has 0 saturated heterocycles. The van der Waals surface area contributed by atoms with E-state index in [1.807, 2.05) is 6.08 Å². The van der Waals surface area contributed by atoms with Crippen LogP contribution < -0.4 is 0 Å². The molecule has 0 saturated carbocycles. The Hall–Kier alpha value is -1.05. The first-order valence-electron chi connectivity index (χ1n) is 15.5. The summed E-state index contributed by atoms with van der Waals surface area (Å²) < 4.78 is 5.11.